The van der Waals surface area contributed by atoms with Crippen LogP contribution in [0.2, 0.25) is 0 Å². The molecule has 0 bridgehead atoms. The number of pyridine rings is 2. The van der Waals surface area contributed by atoms with Gasteiger partial charge in [0, 0.05) is 48.1 Å². The van der Waals surface area contributed by atoms with Crippen molar-refractivity contribution in [2.45, 2.75) is 32.0 Å². The van der Waals surface area contributed by atoms with E-state index in [1.807, 2.05) is 37.5 Å². The van der Waals surface area contributed by atoms with E-state index in [0.717, 1.165) is 29.7 Å². The quantitative estimate of drug-likeness (QED) is 0.765. The lowest BCUT2D eigenvalue weighted by Gasteiger charge is -2.15. The first-order chi connectivity index (χ1) is 12.3. The van der Waals surface area contributed by atoms with Gasteiger partial charge in [-0.05, 0) is 31.9 Å². The van der Waals surface area contributed by atoms with E-state index in [-0.39, 0.29) is 12.2 Å². The number of aryl methyl sites for hydroxylation is 1. The summed E-state index contributed by atoms with van der Waals surface area (Å²) in [4.78, 5) is 12.7. The molecule has 4 rings (SSSR count). The van der Waals surface area contributed by atoms with Crippen LogP contribution in [0, 0.1) is 6.92 Å². The Hall–Kier alpha value is -2.80. The van der Waals surface area contributed by atoms with Crippen molar-refractivity contribution >= 4 is 5.69 Å². The number of anilines is 1. The maximum atomic E-state index is 6.04. The van der Waals surface area contributed by atoms with Crippen molar-refractivity contribution < 1.29 is 9.26 Å². The minimum Gasteiger partial charge on any atom is -0.382 e. The second kappa shape index (κ2) is 6.98. The van der Waals surface area contributed by atoms with E-state index in [9.17, 15) is 0 Å². The second-order valence-corrected chi connectivity index (χ2v) is 6.05. The fourth-order valence-electron chi connectivity index (χ4n) is 3.01. The zero-order chi connectivity index (χ0) is 17.1. The van der Waals surface area contributed by atoms with E-state index in [1.165, 1.54) is 0 Å². The minimum atomic E-state index is -0.108. The molecular formula is C18H19N5O2. The summed E-state index contributed by atoms with van der Waals surface area (Å²) in [6, 6.07) is 5.91. The van der Waals surface area contributed by atoms with Gasteiger partial charge in [0.1, 0.15) is 6.10 Å². The lowest BCUT2D eigenvalue weighted by atomic mass is 10.1. The van der Waals surface area contributed by atoms with Crippen LogP contribution in [0.5, 0.6) is 0 Å². The molecule has 4 heterocycles. The molecule has 1 saturated heterocycles. The van der Waals surface area contributed by atoms with E-state index in [0.29, 0.717) is 18.3 Å². The van der Waals surface area contributed by atoms with Gasteiger partial charge in [0.25, 0.3) is 5.89 Å². The van der Waals surface area contributed by atoms with Crippen LogP contribution >= 0.6 is 0 Å². The highest BCUT2D eigenvalue weighted by molar-refractivity contribution is 5.76. The molecule has 1 fully saturated rings. The van der Waals surface area contributed by atoms with Crippen molar-refractivity contribution in [3.8, 4) is 11.1 Å². The third-order valence-electron chi connectivity index (χ3n) is 4.24. The standard InChI is InChI=1S/C18H19N5O2/c1-12-22-18(25-23-12)17-5-4-14(24-17)10-21-16-6-8-20-11-15(16)13-3-2-7-19-9-13/h2-3,6-9,11,14,17H,4-5,10H2,1H3,(H,20,21)/t14-,17+/m1/s1. The van der Waals surface area contributed by atoms with Gasteiger partial charge < -0.3 is 14.6 Å². The molecule has 0 amide bonds. The molecule has 3 aromatic heterocycles. The first kappa shape index (κ1) is 15.7. The second-order valence-electron chi connectivity index (χ2n) is 6.05. The van der Waals surface area contributed by atoms with Crippen molar-refractivity contribution in [1.29, 1.82) is 0 Å². The molecule has 3 aromatic rings. The van der Waals surface area contributed by atoms with Crippen LogP contribution in [0.25, 0.3) is 11.1 Å². The highest BCUT2D eigenvalue weighted by atomic mass is 16.5. The third kappa shape index (κ3) is 3.51. The first-order valence-electron chi connectivity index (χ1n) is 8.33. The van der Waals surface area contributed by atoms with E-state index >= 15 is 0 Å². The number of ether oxygens (including phenoxy) is 1. The lowest BCUT2D eigenvalue weighted by Crippen LogP contribution is -2.19. The molecule has 0 unspecified atom stereocenters. The van der Waals surface area contributed by atoms with Gasteiger partial charge in [0.15, 0.2) is 5.82 Å². The van der Waals surface area contributed by atoms with Gasteiger partial charge in [-0.3, -0.25) is 9.97 Å². The molecule has 1 aliphatic heterocycles. The topological polar surface area (TPSA) is 86.0 Å². The van der Waals surface area contributed by atoms with Crippen LogP contribution in [0.1, 0.15) is 30.7 Å². The van der Waals surface area contributed by atoms with Crippen LogP contribution in [0.4, 0.5) is 5.69 Å². The molecule has 0 saturated carbocycles. The van der Waals surface area contributed by atoms with Gasteiger partial charge in [0.2, 0.25) is 0 Å². The molecule has 1 aliphatic rings. The van der Waals surface area contributed by atoms with Gasteiger partial charge in [-0.15, -0.1) is 0 Å². The monoisotopic (exact) mass is 337 g/mol. The van der Waals surface area contributed by atoms with Crippen molar-refractivity contribution in [2.75, 3.05) is 11.9 Å². The van der Waals surface area contributed by atoms with Gasteiger partial charge in [-0.2, -0.15) is 4.98 Å². The van der Waals surface area contributed by atoms with Crippen LogP contribution in [-0.2, 0) is 4.74 Å². The zero-order valence-corrected chi connectivity index (χ0v) is 13.9. The molecule has 7 heteroatoms. The minimum absolute atomic E-state index is 0.104. The van der Waals surface area contributed by atoms with Crippen LogP contribution in [0.3, 0.4) is 0 Å². The summed E-state index contributed by atoms with van der Waals surface area (Å²) < 4.78 is 11.3. The summed E-state index contributed by atoms with van der Waals surface area (Å²) in [6.45, 7) is 2.52. The molecule has 25 heavy (non-hydrogen) atoms. The maximum absolute atomic E-state index is 6.04. The van der Waals surface area contributed by atoms with Crippen LogP contribution in [0.15, 0.2) is 47.5 Å². The fourth-order valence-corrected chi connectivity index (χ4v) is 3.01. The van der Waals surface area contributed by atoms with E-state index in [4.69, 9.17) is 9.26 Å². The summed E-state index contributed by atoms with van der Waals surface area (Å²) in [6.07, 6.45) is 9.06. The van der Waals surface area contributed by atoms with Gasteiger partial charge >= 0.3 is 0 Å². The Morgan fingerprint density at radius 2 is 2.08 bits per heavy atom. The first-order valence-corrected chi connectivity index (χ1v) is 8.33. The summed E-state index contributed by atoms with van der Waals surface area (Å²) in [7, 11) is 0. The predicted molar refractivity (Wildman–Crippen MR) is 91.8 cm³/mol. The van der Waals surface area contributed by atoms with Crippen molar-refractivity contribution in [1.82, 2.24) is 20.1 Å². The molecule has 0 spiro atoms. The smallest absolute Gasteiger partial charge is 0.255 e. The largest absolute Gasteiger partial charge is 0.382 e. The molecule has 0 radical (unpaired) electrons. The third-order valence-corrected chi connectivity index (χ3v) is 4.24. The average Bonchev–Trinajstić information content (AvgIpc) is 3.30. The summed E-state index contributed by atoms with van der Waals surface area (Å²) in [5, 5.41) is 7.30. The van der Waals surface area contributed by atoms with E-state index in [1.54, 1.807) is 12.4 Å². The van der Waals surface area contributed by atoms with Crippen LogP contribution < -0.4 is 5.32 Å². The number of hydrogen-bond acceptors (Lipinski definition) is 7. The molecule has 1 N–H and O–H groups in total. The number of nitrogens with zero attached hydrogens (tertiary/aromatic N) is 4. The molecule has 0 aliphatic carbocycles. The average molecular weight is 337 g/mol. The SMILES string of the molecule is Cc1noc([C@@H]2CC[C@H](CNc3ccncc3-c3cccnc3)O2)n1. The Labute approximate surface area is 145 Å². The summed E-state index contributed by atoms with van der Waals surface area (Å²) >= 11 is 0. The molecule has 2 atom stereocenters. The summed E-state index contributed by atoms with van der Waals surface area (Å²) in [5.41, 5.74) is 3.08. The number of aromatic nitrogens is 4. The number of hydrogen-bond donors (Lipinski definition) is 1. The maximum Gasteiger partial charge on any atom is 0.255 e. The Kier molecular flexibility index (Phi) is 4.39. The fraction of sp³-hybridized carbons (Fsp3) is 0.333. The molecule has 128 valence electrons. The van der Waals surface area contributed by atoms with E-state index < -0.39 is 0 Å². The number of rotatable bonds is 5. The highest BCUT2D eigenvalue weighted by Crippen LogP contribution is 2.32. The predicted octanol–water partition coefficient (Wildman–Crippen LogP) is 3.17. The van der Waals surface area contributed by atoms with Crippen LogP contribution in [-0.4, -0.2) is 32.8 Å². The Balaban J connectivity index is 1.41. The Morgan fingerprint density at radius 3 is 2.88 bits per heavy atom. The molecule has 7 nitrogen and oxygen atoms in total. The van der Waals surface area contributed by atoms with Crippen molar-refractivity contribution in [2.24, 2.45) is 0 Å². The lowest BCUT2D eigenvalue weighted by molar-refractivity contribution is 0.0327. The van der Waals surface area contributed by atoms with Gasteiger partial charge in [-0.25, -0.2) is 0 Å². The zero-order valence-electron chi connectivity index (χ0n) is 13.9. The normalized spacial score (nSPS) is 19.9. The van der Waals surface area contributed by atoms with E-state index in [2.05, 4.69) is 25.4 Å². The molecule has 0 aromatic carbocycles. The Morgan fingerprint density at radius 1 is 1.16 bits per heavy atom. The van der Waals surface area contributed by atoms with Gasteiger partial charge in [-0.1, -0.05) is 11.2 Å². The highest BCUT2D eigenvalue weighted by Gasteiger charge is 2.30. The molecular weight excluding hydrogens is 318 g/mol. The van der Waals surface area contributed by atoms with Crippen molar-refractivity contribution in [3.05, 3.63) is 54.7 Å². The van der Waals surface area contributed by atoms with Crippen molar-refractivity contribution in [3.63, 3.8) is 0 Å². The van der Waals surface area contributed by atoms with Gasteiger partial charge in [0.05, 0.1) is 6.10 Å². The Bertz CT molecular complexity index is 836. The number of nitrogens with one attached hydrogen (secondary N) is 1. The summed E-state index contributed by atoms with van der Waals surface area (Å²) in [5.74, 6) is 1.21.